The van der Waals surface area contributed by atoms with E-state index in [9.17, 15) is 18.3 Å². The molecular formula is C15H15N5O4S2. The van der Waals surface area contributed by atoms with Gasteiger partial charge in [-0.25, -0.2) is 27.4 Å². The normalized spacial score (nSPS) is 14.5. The van der Waals surface area contributed by atoms with Crippen LogP contribution in [0.1, 0.15) is 26.4 Å². The average molecular weight is 393 g/mol. The van der Waals surface area contributed by atoms with Crippen LogP contribution in [0.4, 0.5) is 0 Å². The Morgan fingerprint density at radius 3 is 3.12 bits per heavy atom. The zero-order valence-electron chi connectivity index (χ0n) is 13.5. The Balaban J connectivity index is 1.67. The summed E-state index contributed by atoms with van der Waals surface area (Å²) in [6, 6.07) is 1.72. The summed E-state index contributed by atoms with van der Waals surface area (Å²) in [4.78, 5) is 16.6. The van der Waals surface area contributed by atoms with E-state index in [1.807, 2.05) is 0 Å². The highest BCUT2D eigenvalue weighted by Crippen LogP contribution is 2.34. The monoisotopic (exact) mass is 393 g/mol. The Hall–Kier alpha value is -2.34. The van der Waals surface area contributed by atoms with Gasteiger partial charge in [-0.2, -0.15) is 5.10 Å². The van der Waals surface area contributed by atoms with Crippen LogP contribution in [0.2, 0.25) is 0 Å². The van der Waals surface area contributed by atoms with Gasteiger partial charge in [0.05, 0.1) is 11.8 Å². The van der Waals surface area contributed by atoms with Crippen LogP contribution in [-0.4, -0.2) is 40.6 Å². The summed E-state index contributed by atoms with van der Waals surface area (Å²) in [6.45, 7) is 1.08. The standard InChI is InChI=1S/C15H15N5O4S2/c21-14(22)12-10-2-4-16-8-11(10)25-15(12)26(23,24)19-7-9-6-18-20-5-1-3-17-13(9)20/h1,3,5-6,16,19H,2,4,7-8H2,(H,21,22). The highest BCUT2D eigenvalue weighted by molar-refractivity contribution is 7.91. The molecule has 3 aromatic rings. The lowest BCUT2D eigenvalue weighted by atomic mass is 10.1. The van der Waals surface area contributed by atoms with E-state index >= 15 is 0 Å². The summed E-state index contributed by atoms with van der Waals surface area (Å²) in [5.74, 6) is -1.22. The molecule has 4 heterocycles. The number of nitrogens with zero attached hydrogens (tertiary/aromatic N) is 3. The molecule has 0 bridgehead atoms. The van der Waals surface area contributed by atoms with Crippen LogP contribution in [0.15, 0.2) is 28.9 Å². The summed E-state index contributed by atoms with van der Waals surface area (Å²) in [6.07, 6.45) is 5.34. The number of sulfonamides is 1. The van der Waals surface area contributed by atoms with Crippen LogP contribution in [0.5, 0.6) is 0 Å². The van der Waals surface area contributed by atoms with Crippen molar-refractivity contribution < 1.29 is 18.3 Å². The first kappa shape index (κ1) is 17.1. The molecule has 0 aromatic carbocycles. The Morgan fingerprint density at radius 1 is 1.46 bits per heavy atom. The summed E-state index contributed by atoms with van der Waals surface area (Å²) in [5.41, 5.74) is 1.65. The molecule has 0 saturated heterocycles. The molecule has 0 spiro atoms. The van der Waals surface area contributed by atoms with Gasteiger partial charge >= 0.3 is 5.97 Å². The van der Waals surface area contributed by atoms with Crippen molar-refractivity contribution in [1.82, 2.24) is 24.6 Å². The van der Waals surface area contributed by atoms with E-state index < -0.39 is 16.0 Å². The molecule has 11 heteroatoms. The molecule has 0 aliphatic carbocycles. The summed E-state index contributed by atoms with van der Waals surface area (Å²) in [7, 11) is -3.98. The van der Waals surface area contributed by atoms with Gasteiger partial charge in [-0.15, -0.1) is 11.3 Å². The maximum atomic E-state index is 12.8. The second-order valence-corrected chi connectivity index (χ2v) is 8.85. The third-order valence-corrected chi connectivity index (χ3v) is 7.31. The number of nitrogens with one attached hydrogen (secondary N) is 2. The molecule has 3 aromatic heterocycles. The van der Waals surface area contributed by atoms with Crippen LogP contribution < -0.4 is 10.0 Å². The van der Waals surface area contributed by atoms with Gasteiger partial charge in [-0.05, 0) is 24.6 Å². The van der Waals surface area contributed by atoms with E-state index in [0.29, 0.717) is 36.3 Å². The number of hydrogen-bond acceptors (Lipinski definition) is 7. The fraction of sp³-hybridized carbons (Fsp3) is 0.267. The fourth-order valence-electron chi connectivity index (χ4n) is 2.95. The minimum absolute atomic E-state index is 0.0251. The molecule has 0 atom stereocenters. The molecule has 0 fully saturated rings. The topological polar surface area (TPSA) is 126 Å². The lowest BCUT2D eigenvalue weighted by Gasteiger charge is -2.12. The van der Waals surface area contributed by atoms with Crippen molar-refractivity contribution in [3.8, 4) is 0 Å². The minimum Gasteiger partial charge on any atom is -0.478 e. The molecule has 0 saturated carbocycles. The second-order valence-electron chi connectivity index (χ2n) is 5.78. The number of aromatic carboxylic acids is 1. The van der Waals surface area contributed by atoms with Crippen molar-refractivity contribution in [3.05, 3.63) is 46.2 Å². The molecular weight excluding hydrogens is 378 g/mol. The minimum atomic E-state index is -3.98. The van der Waals surface area contributed by atoms with Gasteiger partial charge in [0.1, 0.15) is 4.21 Å². The number of carboxylic acid groups (broad SMARTS) is 1. The Morgan fingerprint density at radius 2 is 2.31 bits per heavy atom. The number of hydrogen-bond donors (Lipinski definition) is 3. The predicted octanol–water partition coefficient (Wildman–Crippen LogP) is 0.613. The van der Waals surface area contributed by atoms with Gasteiger partial charge in [-0.3, -0.25) is 0 Å². The van der Waals surface area contributed by atoms with E-state index in [1.165, 1.54) is 6.20 Å². The molecule has 0 unspecified atom stereocenters. The van der Waals surface area contributed by atoms with Crippen molar-refractivity contribution in [2.24, 2.45) is 0 Å². The Labute approximate surface area is 152 Å². The summed E-state index contributed by atoms with van der Waals surface area (Å²) in [5, 5.41) is 16.8. The molecule has 9 nitrogen and oxygen atoms in total. The highest BCUT2D eigenvalue weighted by atomic mass is 32.2. The van der Waals surface area contributed by atoms with Crippen LogP contribution in [-0.2, 0) is 29.5 Å². The number of rotatable bonds is 5. The van der Waals surface area contributed by atoms with Crippen LogP contribution in [0.25, 0.3) is 5.65 Å². The molecule has 1 aliphatic rings. The fourth-order valence-corrected chi connectivity index (χ4v) is 5.87. The molecule has 0 amide bonds. The Kier molecular flexibility index (Phi) is 4.23. The second kappa shape index (κ2) is 6.43. The highest BCUT2D eigenvalue weighted by Gasteiger charge is 2.31. The number of aromatic nitrogens is 3. The smallest absolute Gasteiger partial charge is 0.338 e. The molecule has 4 rings (SSSR count). The van der Waals surface area contributed by atoms with Gasteiger partial charge < -0.3 is 10.4 Å². The van der Waals surface area contributed by atoms with Crippen molar-refractivity contribution in [1.29, 1.82) is 0 Å². The predicted molar refractivity (Wildman–Crippen MR) is 93.7 cm³/mol. The third-order valence-electron chi connectivity index (χ3n) is 4.16. The number of fused-ring (bicyclic) bond motifs is 2. The van der Waals surface area contributed by atoms with Crippen molar-refractivity contribution >= 4 is 33.0 Å². The van der Waals surface area contributed by atoms with E-state index in [-0.39, 0.29) is 16.3 Å². The molecule has 0 radical (unpaired) electrons. The first-order valence-electron chi connectivity index (χ1n) is 7.83. The van der Waals surface area contributed by atoms with E-state index in [1.54, 1.807) is 23.0 Å². The van der Waals surface area contributed by atoms with Crippen LogP contribution in [0.3, 0.4) is 0 Å². The maximum absolute atomic E-state index is 12.8. The van der Waals surface area contributed by atoms with Crippen molar-refractivity contribution in [2.75, 3.05) is 6.54 Å². The third kappa shape index (κ3) is 2.88. The number of carbonyl (C=O) groups is 1. The van der Waals surface area contributed by atoms with Crippen LogP contribution >= 0.6 is 11.3 Å². The first-order chi connectivity index (χ1) is 12.5. The molecule has 136 valence electrons. The summed E-state index contributed by atoms with van der Waals surface area (Å²) >= 11 is 1.01. The van der Waals surface area contributed by atoms with E-state index in [4.69, 9.17) is 0 Å². The zero-order chi connectivity index (χ0) is 18.3. The lowest BCUT2D eigenvalue weighted by Crippen LogP contribution is -2.25. The maximum Gasteiger partial charge on any atom is 0.338 e. The average Bonchev–Trinajstić information content (AvgIpc) is 3.22. The van der Waals surface area contributed by atoms with E-state index in [0.717, 1.165) is 16.2 Å². The zero-order valence-corrected chi connectivity index (χ0v) is 15.1. The van der Waals surface area contributed by atoms with E-state index in [2.05, 4.69) is 20.1 Å². The molecule has 3 N–H and O–H groups in total. The van der Waals surface area contributed by atoms with Gasteiger partial charge in [0.2, 0.25) is 0 Å². The van der Waals surface area contributed by atoms with Gasteiger partial charge in [-0.1, -0.05) is 0 Å². The number of thiophene rings is 1. The summed E-state index contributed by atoms with van der Waals surface area (Å²) < 4.78 is 29.4. The van der Waals surface area contributed by atoms with Crippen LogP contribution in [0, 0.1) is 0 Å². The quantitative estimate of drug-likeness (QED) is 0.580. The van der Waals surface area contributed by atoms with Gasteiger partial charge in [0.15, 0.2) is 5.65 Å². The molecule has 26 heavy (non-hydrogen) atoms. The molecule has 1 aliphatic heterocycles. The Bertz CT molecular complexity index is 1100. The first-order valence-corrected chi connectivity index (χ1v) is 10.1. The number of carboxylic acids is 1. The lowest BCUT2D eigenvalue weighted by molar-refractivity contribution is 0.0692. The van der Waals surface area contributed by atoms with Crippen molar-refractivity contribution in [3.63, 3.8) is 0 Å². The SMILES string of the molecule is O=C(O)c1c(S(=O)(=O)NCc2cnn3cccnc23)sc2c1CCNC2. The van der Waals surface area contributed by atoms with Crippen molar-refractivity contribution in [2.45, 2.75) is 23.7 Å². The van der Waals surface area contributed by atoms with Gasteiger partial charge in [0, 0.05) is 35.9 Å². The largest absolute Gasteiger partial charge is 0.478 e. The van der Waals surface area contributed by atoms with Gasteiger partial charge in [0.25, 0.3) is 10.0 Å².